The standard InChI is InChI=1S/C14H12N4O4S/c1-23-12-5-2-10(3-6-12)9-15-16-13-7-4-11(17(19)20)8-14(13)18(21)22/h2-9,16H,1H3/b15-9-. The Morgan fingerprint density at radius 1 is 1.09 bits per heavy atom. The Labute approximate surface area is 135 Å². The molecular formula is C14H12N4O4S. The van der Waals surface area contributed by atoms with E-state index in [9.17, 15) is 20.2 Å². The van der Waals surface area contributed by atoms with E-state index in [2.05, 4.69) is 10.5 Å². The first-order valence-corrected chi connectivity index (χ1v) is 7.59. The summed E-state index contributed by atoms with van der Waals surface area (Å²) >= 11 is 1.62. The van der Waals surface area contributed by atoms with Crippen LogP contribution in [-0.4, -0.2) is 22.3 Å². The second-order valence-corrected chi connectivity index (χ2v) is 5.24. The topological polar surface area (TPSA) is 111 Å². The predicted octanol–water partition coefficient (Wildman–Crippen LogP) is 3.67. The lowest BCUT2D eigenvalue weighted by Gasteiger charge is -2.02. The van der Waals surface area contributed by atoms with Gasteiger partial charge in [-0.2, -0.15) is 5.10 Å². The maximum atomic E-state index is 11.0. The van der Waals surface area contributed by atoms with Gasteiger partial charge in [-0.25, -0.2) is 0 Å². The van der Waals surface area contributed by atoms with Crippen LogP contribution in [0.15, 0.2) is 52.5 Å². The van der Waals surface area contributed by atoms with Gasteiger partial charge in [0.05, 0.1) is 22.1 Å². The summed E-state index contributed by atoms with van der Waals surface area (Å²) in [6.45, 7) is 0. The summed E-state index contributed by atoms with van der Waals surface area (Å²) in [5.41, 5.74) is 2.68. The molecule has 0 radical (unpaired) electrons. The monoisotopic (exact) mass is 332 g/mol. The number of hydrogen-bond acceptors (Lipinski definition) is 7. The van der Waals surface area contributed by atoms with Gasteiger partial charge in [-0.1, -0.05) is 12.1 Å². The van der Waals surface area contributed by atoms with Crippen LogP contribution in [0.4, 0.5) is 17.1 Å². The molecule has 8 nitrogen and oxygen atoms in total. The maximum absolute atomic E-state index is 11.0. The Balaban J connectivity index is 2.17. The molecule has 1 N–H and O–H groups in total. The number of nitrogens with zero attached hydrogens (tertiary/aromatic N) is 3. The number of nitrogens with one attached hydrogen (secondary N) is 1. The summed E-state index contributed by atoms with van der Waals surface area (Å²) in [5.74, 6) is 0. The molecule has 118 valence electrons. The molecule has 0 amide bonds. The molecule has 0 saturated carbocycles. The minimum Gasteiger partial charge on any atom is -0.272 e. The third-order valence-electron chi connectivity index (χ3n) is 2.90. The zero-order valence-corrected chi connectivity index (χ0v) is 12.8. The summed E-state index contributed by atoms with van der Waals surface area (Å²) in [6.07, 6.45) is 3.48. The average Bonchev–Trinajstić information content (AvgIpc) is 2.55. The fraction of sp³-hybridized carbons (Fsp3) is 0.0714. The minimum absolute atomic E-state index is 0.0811. The molecule has 2 rings (SSSR count). The molecule has 23 heavy (non-hydrogen) atoms. The van der Waals surface area contributed by atoms with Crippen LogP contribution in [0.2, 0.25) is 0 Å². The molecule has 9 heteroatoms. The minimum atomic E-state index is -0.696. The van der Waals surface area contributed by atoms with E-state index in [-0.39, 0.29) is 11.4 Å². The molecule has 0 unspecified atom stereocenters. The molecule has 0 heterocycles. The van der Waals surface area contributed by atoms with Gasteiger partial charge in [-0.15, -0.1) is 11.8 Å². The number of nitro groups is 2. The Morgan fingerprint density at radius 2 is 1.78 bits per heavy atom. The van der Waals surface area contributed by atoms with Crippen molar-refractivity contribution in [3.05, 3.63) is 68.3 Å². The van der Waals surface area contributed by atoms with E-state index in [1.54, 1.807) is 11.8 Å². The molecule has 0 atom stereocenters. The van der Waals surface area contributed by atoms with E-state index in [1.807, 2.05) is 30.5 Å². The average molecular weight is 332 g/mol. The maximum Gasteiger partial charge on any atom is 0.301 e. The largest absolute Gasteiger partial charge is 0.301 e. The number of hydrazone groups is 1. The fourth-order valence-electron chi connectivity index (χ4n) is 1.75. The molecule has 0 saturated heterocycles. The van der Waals surface area contributed by atoms with Crippen molar-refractivity contribution in [1.82, 2.24) is 0 Å². The second kappa shape index (κ2) is 7.36. The van der Waals surface area contributed by atoms with E-state index in [0.717, 1.165) is 16.5 Å². The number of non-ortho nitro benzene ring substituents is 1. The molecular weight excluding hydrogens is 320 g/mol. The van der Waals surface area contributed by atoms with Crippen LogP contribution in [0, 0.1) is 20.2 Å². The Hall–Kier alpha value is -2.94. The van der Waals surface area contributed by atoms with Gasteiger partial charge >= 0.3 is 5.69 Å². The first-order valence-electron chi connectivity index (χ1n) is 6.37. The van der Waals surface area contributed by atoms with Gasteiger partial charge < -0.3 is 0 Å². The molecule has 0 aliphatic rings. The van der Waals surface area contributed by atoms with E-state index in [0.29, 0.717) is 0 Å². The zero-order valence-electron chi connectivity index (χ0n) is 12.0. The summed E-state index contributed by atoms with van der Waals surface area (Å²) in [5, 5.41) is 25.6. The highest BCUT2D eigenvalue weighted by Gasteiger charge is 2.18. The summed E-state index contributed by atoms with van der Waals surface area (Å²) in [4.78, 5) is 21.4. The van der Waals surface area contributed by atoms with E-state index in [4.69, 9.17) is 0 Å². The van der Waals surface area contributed by atoms with Gasteiger partial charge in [-0.3, -0.25) is 25.7 Å². The third-order valence-corrected chi connectivity index (χ3v) is 3.65. The van der Waals surface area contributed by atoms with Gasteiger partial charge in [0, 0.05) is 11.0 Å². The van der Waals surface area contributed by atoms with Gasteiger partial charge in [0.15, 0.2) is 0 Å². The van der Waals surface area contributed by atoms with Crippen LogP contribution in [0.1, 0.15) is 5.56 Å². The first-order chi connectivity index (χ1) is 11.0. The molecule has 0 aromatic heterocycles. The smallest absolute Gasteiger partial charge is 0.272 e. The number of anilines is 1. The lowest BCUT2D eigenvalue weighted by molar-refractivity contribution is -0.393. The van der Waals surface area contributed by atoms with Crippen LogP contribution in [0.3, 0.4) is 0 Å². The fourth-order valence-corrected chi connectivity index (χ4v) is 2.15. The van der Waals surface area contributed by atoms with Gasteiger partial charge in [0.2, 0.25) is 0 Å². The highest BCUT2D eigenvalue weighted by Crippen LogP contribution is 2.28. The van der Waals surface area contributed by atoms with Crippen molar-refractivity contribution in [1.29, 1.82) is 0 Å². The number of benzene rings is 2. The van der Waals surface area contributed by atoms with Crippen LogP contribution in [-0.2, 0) is 0 Å². The van der Waals surface area contributed by atoms with Crippen LogP contribution in [0.5, 0.6) is 0 Å². The van der Waals surface area contributed by atoms with Crippen molar-refractivity contribution >= 4 is 35.0 Å². The van der Waals surface area contributed by atoms with Crippen molar-refractivity contribution in [3.63, 3.8) is 0 Å². The number of thioether (sulfide) groups is 1. The lowest BCUT2D eigenvalue weighted by atomic mass is 10.2. The molecule has 0 aliphatic carbocycles. The van der Waals surface area contributed by atoms with Gasteiger partial charge in [0.1, 0.15) is 5.69 Å². The quantitative estimate of drug-likeness (QED) is 0.374. The highest BCUT2D eigenvalue weighted by atomic mass is 32.2. The van der Waals surface area contributed by atoms with Crippen molar-refractivity contribution in [2.24, 2.45) is 5.10 Å². The highest BCUT2D eigenvalue weighted by molar-refractivity contribution is 7.98. The number of rotatable bonds is 6. The SMILES string of the molecule is CSc1ccc(/C=N\Nc2ccc([N+](=O)[O-])cc2[N+](=O)[O-])cc1. The lowest BCUT2D eigenvalue weighted by Crippen LogP contribution is -1.98. The molecule has 0 aliphatic heterocycles. The Bertz CT molecular complexity index is 762. The zero-order chi connectivity index (χ0) is 16.8. The Kier molecular flexibility index (Phi) is 5.26. The third kappa shape index (κ3) is 4.27. The number of nitro benzene ring substituents is 2. The van der Waals surface area contributed by atoms with Crippen LogP contribution in [0.25, 0.3) is 0 Å². The van der Waals surface area contributed by atoms with E-state index in [1.165, 1.54) is 18.3 Å². The predicted molar refractivity (Wildman–Crippen MR) is 89.2 cm³/mol. The summed E-state index contributed by atoms with van der Waals surface area (Å²) < 4.78 is 0. The first kappa shape index (κ1) is 16.4. The van der Waals surface area contributed by atoms with Crippen molar-refractivity contribution in [2.75, 3.05) is 11.7 Å². The van der Waals surface area contributed by atoms with Crippen LogP contribution < -0.4 is 5.43 Å². The molecule has 0 fully saturated rings. The molecule has 2 aromatic rings. The molecule has 0 spiro atoms. The summed E-state index contributed by atoms with van der Waals surface area (Å²) in [6, 6.07) is 10.9. The normalized spacial score (nSPS) is 10.7. The van der Waals surface area contributed by atoms with E-state index < -0.39 is 15.5 Å². The van der Waals surface area contributed by atoms with Gasteiger partial charge in [0.25, 0.3) is 5.69 Å². The second-order valence-electron chi connectivity index (χ2n) is 4.36. The van der Waals surface area contributed by atoms with Crippen molar-refractivity contribution in [3.8, 4) is 0 Å². The van der Waals surface area contributed by atoms with Crippen LogP contribution >= 0.6 is 11.8 Å². The Morgan fingerprint density at radius 3 is 2.35 bits per heavy atom. The van der Waals surface area contributed by atoms with E-state index >= 15 is 0 Å². The summed E-state index contributed by atoms with van der Waals surface area (Å²) in [7, 11) is 0. The molecule has 2 aromatic carbocycles. The van der Waals surface area contributed by atoms with Crippen molar-refractivity contribution < 1.29 is 9.85 Å². The van der Waals surface area contributed by atoms with Crippen molar-refractivity contribution in [2.45, 2.75) is 4.90 Å². The molecule has 0 bridgehead atoms. The van der Waals surface area contributed by atoms with Gasteiger partial charge in [-0.05, 0) is 30.0 Å². The number of hydrogen-bond donors (Lipinski definition) is 1.